The molecular formula is C14H14N2O2. The molecule has 2 rings (SSSR count). The van der Waals surface area contributed by atoms with Gasteiger partial charge in [0.15, 0.2) is 0 Å². The average molecular weight is 242 g/mol. The van der Waals surface area contributed by atoms with Crippen molar-refractivity contribution < 1.29 is 9.90 Å². The standard InChI is InChI=1S/C14H14N2O2/c1-3-4-7-16-12-6-5-11(15-2)8-10(12)9-13(16)14(17)18/h5-6,8-9,15H,7H2,1-2H3,(H,17,18). The summed E-state index contributed by atoms with van der Waals surface area (Å²) >= 11 is 0. The molecule has 0 aliphatic heterocycles. The van der Waals surface area contributed by atoms with Crippen LogP contribution in [0, 0.1) is 11.8 Å². The molecule has 1 heterocycles. The fraction of sp³-hybridized carbons (Fsp3) is 0.214. The van der Waals surface area contributed by atoms with E-state index in [1.807, 2.05) is 25.2 Å². The summed E-state index contributed by atoms with van der Waals surface area (Å²) < 4.78 is 1.72. The number of carboxylic acid groups (broad SMARTS) is 1. The van der Waals surface area contributed by atoms with E-state index in [0.717, 1.165) is 16.6 Å². The monoisotopic (exact) mass is 242 g/mol. The zero-order valence-corrected chi connectivity index (χ0v) is 10.3. The lowest BCUT2D eigenvalue weighted by atomic mass is 10.2. The molecule has 0 unspecified atom stereocenters. The number of hydrogen-bond acceptors (Lipinski definition) is 2. The summed E-state index contributed by atoms with van der Waals surface area (Å²) in [6.07, 6.45) is 0. The molecule has 1 aromatic heterocycles. The fourth-order valence-corrected chi connectivity index (χ4v) is 1.93. The van der Waals surface area contributed by atoms with Crippen LogP contribution < -0.4 is 5.32 Å². The van der Waals surface area contributed by atoms with Crippen molar-refractivity contribution in [2.24, 2.45) is 0 Å². The lowest BCUT2D eigenvalue weighted by molar-refractivity contribution is 0.0686. The molecule has 0 atom stereocenters. The second-order valence-electron chi connectivity index (χ2n) is 3.87. The third-order valence-electron chi connectivity index (χ3n) is 2.82. The van der Waals surface area contributed by atoms with Gasteiger partial charge in [0.25, 0.3) is 0 Å². The summed E-state index contributed by atoms with van der Waals surface area (Å²) in [4.78, 5) is 11.2. The molecule has 0 spiro atoms. The largest absolute Gasteiger partial charge is 0.477 e. The van der Waals surface area contributed by atoms with Crippen LogP contribution in [0.2, 0.25) is 0 Å². The average Bonchev–Trinajstić information content (AvgIpc) is 2.74. The van der Waals surface area contributed by atoms with Crippen LogP contribution in [-0.2, 0) is 6.54 Å². The van der Waals surface area contributed by atoms with E-state index in [9.17, 15) is 9.90 Å². The molecule has 0 aliphatic rings. The first-order chi connectivity index (χ1) is 8.67. The van der Waals surface area contributed by atoms with Crippen LogP contribution in [0.15, 0.2) is 24.3 Å². The molecule has 18 heavy (non-hydrogen) atoms. The van der Waals surface area contributed by atoms with Crippen molar-refractivity contribution in [3.8, 4) is 11.8 Å². The Hall–Kier alpha value is -2.41. The molecule has 2 aromatic rings. The number of rotatable bonds is 3. The highest BCUT2D eigenvalue weighted by Gasteiger charge is 2.13. The Balaban J connectivity index is 2.65. The minimum atomic E-state index is -0.935. The van der Waals surface area contributed by atoms with Crippen molar-refractivity contribution >= 4 is 22.6 Å². The maximum Gasteiger partial charge on any atom is 0.352 e. The third-order valence-corrected chi connectivity index (χ3v) is 2.82. The van der Waals surface area contributed by atoms with Gasteiger partial charge in [0.05, 0.1) is 6.54 Å². The summed E-state index contributed by atoms with van der Waals surface area (Å²) in [6.45, 7) is 2.13. The first kappa shape index (κ1) is 12.1. The van der Waals surface area contributed by atoms with Gasteiger partial charge in [0, 0.05) is 23.6 Å². The number of nitrogens with zero attached hydrogens (tertiary/aromatic N) is 1. The summed E-state index contributed by atoms with van der Waals surface area (Å²) in [5.41, 5.74) is 2.10. The number of anilines is 1. The van der Waals surface area contributed by atoms with Gasteiger partial charge >= 0.3 is 5.97 Å². The highest BCUT2D eigenvalue weighted by Crippen LogP contribution is 2.23. The maximum absolute atomic E-state index is 11.2. The molecule has 4 nitrogen and oxygen atoms in total. The molecule has 0 bridgehead atoms. The van der Waals surface area contributed by atoms with Gasteiger partial charge in [-0.3, -0.25) is 0 Å². The first-order valence-corrected chi connectivity index (χ1v) is 5.61. The molecule has 0 radical (unpaired) electrons. The molecule has 2 N–H and O–H groups in total. The van der Waals surface area contributed by atoms with Gasteiger partial charge in [-0.2, -0.15) is 0 Å². The number of nitrogens with one attached hydrogen (secondary N) is 1. The Labute approximate surface area is 105 Å². The van der Waals surface area contributed by atoms with E-state index in [0.29, 0.717) is 6.54 Å². The van der Waals surface area contributed by atoms with Crippen LogP contribution in [0.4, 0.5) is 5.69 Å². The number of fused-ring (bicyclic) bond motifs is 1. The second kappa shape index (κ2) is 4.84. The number of aromatic nitrogens is 1. The highest BCUT2D eigenvalue weighted by molar-refractivity contribution is 5.95. The smallest absolute Gasteiger partial charge is 0.352 e. The Bertz CT molecular complexity index is 659. The molecule has 0 saturated carbocycles. The Morgan fingerprint density at radius 2 is 2.22 bits per heavy atom. The second-order valence-corrected chi connectivity index (χ2v) is 3.87. The molecule has 92 valence electrons. The SMILES string of the molecule is CC#CCn1c(C(=O)O)cc2cc(NC)ccc21. The van der Waals surface area contributed by atoms with Crippen LogP contribution >= 0.6 is 0 Å². The minimum Gasteiger partial charge on any atom is -0.477 e. The van der Waals surface area contributed by atoms with E-state index in [-0.39, 0.29) is 5.69 Å². The lowest BCUT2D eigenvalue weighted by Crippen LogP contribution is -2.07. The predicted octanol–water partition coefficient (Wildman–Crippen LogP) is 2.40. The van der Waals surface area contributed by atoms with E-state index in [1.54, 1.807) is 17.6 Å². The van der Waals surface area contributed by atoms with Crippen molar-refractivity contribution in [3.63, 3.8) is 0 Å². The van der Waals surface area contributed by atoms with Gasteiger partial charge in [-0.25, -0.2) is 4.79 Å². The normalized spacial score (nSPS) is 9.89. The van der Waals surface area contributed by atoms with Crippen molar-refractivity contribution in [3.05, 3.63) is 30.0 Å². The Morgan fingerprint density at radius 1 is 1.44 bits per heavy atom. The Kier molecular flexibility index (Phi) is 3.24. The molecule has 0 saturated heterocycles. The topological polar surface area (TPSA) is 54.3 Å². The molecule has 4 heteroatoms. The van der Waals surface area contributed by atoms with Crippen molar-refractivity contribution in [2.75, 3.05) is 12.4 Å². The van der Waals surface area contributed by atoms with Crippen LogP contribution in [0.3, 0.4) is 0 Å². The number of hydrogen-bond donors (Lipinski definition) is 2. The number of benzene rings is 1. The molecule has 1 aromatic carbocycles. The van der Waals surface area contributed by atoms with Crippen LogP contribution in [-0.4, -0.2) is 22.7 Å². The van der Waals surface area contributed by atoms with E-state index < -0.39 is 5.97 Å². The van der Waals surface area contributed by atoms with Gasteiger partial charge in [-0.1, -0.05) is 5.92 Å². The van der Waals surface area contributed by atoms with Crippen molar-refractivity contribution in [1.82, 2.24) is 4.57 Å². The molecular weight excluding hydrogens is 228 g/mol. The molecule has 0 amide bonds. The summed E-state index contributed by atoms with van der Waals surface area (Å²) in [5.74, 6) is 4.75. The lowest BCUT2D eigenvalue weighted by Gasteiger charge is -2.04. The van der Waals surface area contributed by atoms with Gasteiger partial charge < -0.3 is 15.0 Å². The van der Waals surface area contributed by atoms with E-state index >= 15 is 0 Å². The fourth-order valence-electron chi connectivity index (χ4n) is 1.93. The summed E-state index contributed by atoms with van der Waals surface area (Å²) in [7, 11) is 1.83. The maximum atomic E-state index is 11.2. The zero-order valence-electron chi connectivity index (χ0n) is 10.3. The minimum absolute atomic E-state index is 0.265. The van der Waals surface area contributed by atoms with Gasteiger partial charge in [-0.15, -0.1) is 5.92 Å². The van der Waals surface area contributed by atoms with Crippen LogP contribution in [0.25, 0.3) is 10.9 Å². The van der Waals surface area contributed by atoms with Crippen molar-refractivity contribution in [2.45, 2.75) is 13.5 Å². The van der Waals surface area contributed by atoms with Crippen LogP contribution in [0.5, 0.6) is 0 Å². The van der Waals surface area contributed by atoms with E-state index in [2.05, 4.69) is 17.2 Å². The molecule has 0 aliphatic carbocycles. The van der Waals surface area contributed by atoms with E-state index in [1.165, 1.54) is 0 Å². The van der Waals surface area contributed by atoms with E-state index in [4.69, 9.17) is 0 Å². The zero-order chi connectivity index (χ0) is 13.1. The number of carboxylic acids is 1. The Morgan fingerprint density at radius 3 is 2.83 bits per heavy atom. The van der Waals surface area contributed by atoms with Gasteiger partial charge in [0.2, 0.25) is 0 Å². The van der Waals surface area contributed by atoms with Crippen LogP contribution in [0.1, 0.15) is 17.4 Å². The van der Waals surface area contributed by atoms with Gasteiger partial charge in [0.1, 0.15) is 5.69 Å². The quantitative estimate of drug-likeness (QED) is 0.813. The molecule has 0 fully saturated rings. The summed E-state index contributed by atoms with van der Waals surface area (Å²) in [6, 6.07) is 7.43. The highest BCUT2D eigenvalue weighted by atomic mass is 16.4. The van der Waals surface area contributed by atoms with Crippen molar-refractivity contribution in [1.29, 1.82) is 0 Å². The first-order valence-electron chi connectivity index (χ1n) is 5.61. The predicted molar refractivity (Wildman–Crippen MR) is 71.9 cm³/mol. The summed E-state index contributed by atoms with van der Waals surface area (Å²) in [5, 5.41) is 13.1. The number of aromatic carboxylic acids is 1. The third kappa shape index (κ3) is 2.03. The van der Waals surface area contributed by atoms with Gasteiger partial charge in [-0.05, 0) is 31.2 Å². The number of carbonyl (C=O) groups is 1.